The second-order valence-corrected chi connectivity index (χ2v) is 7.57. The van der Waals surface area contributed by atoms with Gasteiger partial charge in [0.1, 0.15) is 12.4 Å². The molecule has 0 radical (unpaired) electrons. The largest absolute Gasteiger partial charge is 0.487 e. The van der Waals surface area contributed by atoms with Crippen LogP contribution in [0.5, 0.6) is 5.75 Å². The number of hydrogen-bond acceptors (Lipinski definition) is 5. The minimum Gasteiger partial charge on any atom is -0.487 e. The van der Waals surface area contributed by atoms with E-state index in [4.69, 9.17) is 4.74 Å². The molecular formula is C25H28N4O2. The van der Waals surface area contributed by atoms with E-state index >= 15 is 0 Å². The van der Waals surface area contributed by atoms with Crippen LogP contribution in [0.1, 0.15) is 15.9 Å². The molecule has 1 amide bonds. The predicted octanol–water partition coefficient (Wildman–Crippen LogP) is 3.21. The van der Waals surface area contributed by atoms with E-state index < -0.39 is 0 Å². The van der Waals surface area contributed by atoms with Crippen LogP contribution >= 0.6 is 0 Å². The molecule has 3 aromatic rings. The van der Waals surface area contributed by atoms with E-state index in [1.807, 2.05) is 30.3 Å². The van der Waals surface area contributed by atoms with Crippen LogP contribution in [0.25, 0.3) is 0 Å². The highest BCUT2D eigenvalue weighted by atomic mass is 16.5. The normalized spacial score (nSPS) is 14.3. The third-order valence-electron chi connectivity index (χ3n) is 5.45. The summed E-state index contributed by atoms with van der Waals surface area (Å²) < 4.78 is 6.13. The van der Waals surface area contributed by atoms with Gasteiger partial charge in [-0.05, 0) is 29.8 Å². The molecule has 0 saturated carbocycles. The fourth-order valence-electron chi connectivity index (χ4n) is 3.71. The lowest BCUT2D eigenvalue weighted by Gasteiger charge is -2.36. The minimum atomic E-state index is -0.0729. The maximum absolute atomic E-state index is 12.1. The molecule has 1 N–H and O–H groups in total. The van der Waals surface area contributed by atoms with E-state index in [1.165, 1.54) is 0 Å². The van der Waals surface area contributed by atoms with Gasteiger partial charge in [-0.3, -0.25) is 14.7 Å². The fourth-order valence-corrected chi connectivity index (χ4v) is 3.71. The molecule has 1 fully saturated rings. The predicted molar refractivity (Wildman–Crippen MR) is 122 cm³/mol. The zero-order valence-corrected chi connectivity index (χ0v) is 17.6. The molecule has 1 aromatic heterocycles. The van der Waals surface area contributed by atoms with Gasteiger partial charge in [0.15, 0.2) is 0 Å². The Morgan fingerprint density at radius 2 is 1.71 bits per heavy atom. The number of nitrogens with zero attached hydrogens (tertiary/aromatic N) is 3. The highest BCUT2D eigenvalue weighted by Crippen LogP contribution is 2.29. The summed E-state index contributed by atoms with van der Waals surface area (Å²) in [4.78, 5) is 20.9. The molecule has 0 unspecified atom stereocenters. The summed E-state index contributed by atoms with van der Waals surface area (Å²) in [7, 11) is 0. The van der Waals surface area contributed by atoms with Crippen LogP contribution in [0.2, 0.25) is 0 Å². The number of pyridine rings is 1. The van der Waals surface area contributed by atoms with Crippen molar-refractivity contribution in [2.45, 2.75) is 6.61 Å². The van der Waals surface area contributed by atoms with E-state index in [0.717, 1.165) is 49.7 Å². The second-order valence-electron chi connectivity index (χ2n) is 7.57. The Bertz CT molecular complexity index is 958. The minimum absolute atomic E-state index is 0.0729. The average Bonchev–Trinajstić information content (AvgIpc) is 2.84. The van der Waals surface area contributed by atoms with Crippen molar-refractivity contribution >= 4 is 11.6 Å². The number of ether oxygens (including phenoxy) is 1. The van der Waals surface area contributed by atoms with Crippen LogP contribution in [0, 0.1) is 0 Å². The van der Waals surface area contributed by atoms with Crippen molar-refractivity contribution < 1.29 is 9.53 Å². The van der Waals surface area contributed by atoms with Crippen LogP contribution in [0.3, 0.4) is 0 Å². The van der Waals surface area contributed by atoms with Crippen molar-refractivity contribution in [3.05, 3.63) is 90.3 Å². The Labute approximate surface area is 183 Å². The summed E-state index contributed by atoms with van der Waals surface area (Å²) in [6, 6.07) is 22.0. The number of carbonyl (C=O) groups excluding carboxylic acids is 1. The summed E-state index contributed by atoms with van der Waals surface area (Å²) in [6.07, 6.45) is 3.26. The summed E-state index contributed by atoms with van der Waals surface area (Å²) in [5, 5.41) is 2.98. The summed E-state index contributed by atoms with van der Waals surface area (Å²) >= 11 is 0. The lowest BCUT2D eigenvalue weighted by Crippen LogP contribution is -2.48. The molecule has 1 saturated heterocycles. The Balaban J connectivity index is 1.25. The zero-order chi connectivity index (χ0) is 21.3. The number of rotatable bonds is 8. The quantitative estimate of drug-likeness (QED) is 0.611. The Morgan fingerprint density at radius 1 is 0.935 bits per heavy atom. The lowest BCUT2D eigenvalue weighted by atomic mass is 10.2. The maximum atomic E-state index is 12.1. The van der Waals surface area contributed by atoms with Gasteiger partial charge in [-0.1, -0.05) is 42.5 Å². The van der Waals surface area contributed by atoms with Gasteiger partial charge in [0.2, 0.25) is 0 Å². The molecule has 31 heavy (non-hydrogen) atoms. The molecule has 0 aliphatic carbocycles. The van der Waals surface area contributed by atoms with Gasteiger partial charge in [0, 0.05) is 51.7 Å². The van der Waals surface area contributed by atoms with Gasteiger partial charge in [-0.25, -0.2) is 0 Å². The molecule has 0 bridgehead atoms. The Hall–Kier alpha value is -3.38. The highest BCUT2D eigenvalue weighted by molar-refractivity contribution is 5.93. The number of benzene rings is 2. The first-order chi connectivity index (χ1) is 15.3. The molecule has 4 rings (SSSR count). The van der Waals surface area contributed by atoms with E-state index in [0.29, 0.717) is 18.7 Å². The van der Waals surface area contributed by atoms with Gasteiger partial charge in [0.25, 0.3) is 5.91 Å². The fraction of sp³-hybridized carbons (Fsp3) is 0.280. The van der Waals surface area contributed by atoms with Gasteiger partial charge in [-0.15, -0.1) is 0 Å². The van der Waals surface area contributed by atoms with Gasteiger partial charge < -0.3 is 15.0 Å². The highest BCUT2D eigenvalue weighted by Gasteiger charge is 2.19. The summed E-state index contributed by atoms with van der Waals surface area (Å²) in [5.74, 6) is 0.847. The molecule has 6 nitrogen and oxygen atoms in total. The number of para-hydroxylation sites is 2. The first-order valence-electron chi connectivity index (χ1n) is 10.7. The third kappa shape index (κ3) is 5.83. The van der Waals surface area contributed by atoms with E-state index in [2.05, 4.69) is 44.4 Å². The number of hydrogen-bond donors (Lipinski definition) is 1. The van der Waals surface area contributed by atoms with Gasteiger partial charge in [0.05, 0.1) is 11.3 Å². The molecule has 0 spiro atoms. The Morgan fingerprint density at radius 3 is 2.48 bits per heavy atom. The number of piperazine rings is 1. The van der Waals surface area contributed by atoms with Crippen molar-refractivity contribution in [2.75, 3.05) is 44.2 Å². The number of aromatic nitrogens is 1. The first-order valence-corrected chi connectivity index (χ1v) is 10.7. The standard InChI is InChI=1S/C25H28N4O2/c30-25(22-9-6-12-26-19-22)27-13-14-28-15-17-29(18-16-28)23-10-4-5-11-24(23)31-20-21-7-2-1-3-8-21/h1-12,19H,13-18,20H2,(H,27,30). The molecule has 1 aliphatic rings. The van der Waals surface area contributed by atoms with E-state index in [-0.39, 0.29) is 5.91 Å². The van der Waals surface area contributed by atoms with Crippen molar-refractivity contribution in [2.24, 2.45) is 0 Å². The van der Waals surface area contributed by atoms with Crippen LogP contribution in [0.15, 0.2) is 79.1 Å². The second kappa shape index (κ2) is 10.6. The van der Waals surface area contributed by atoms with Crippen LogP contribution in [0.4, 0.5) is 5.69 Å². The van der Waals surface area contributed by atoms with E-state index in [9.17, 15) is 4.79 Å². The van der Waals surface area contributed by atoms with Crippen LogP contribution < -0.4 is 15.0 Å². The topological polar surface area (TPSA) is 57.7 Å². The number of amides is 1. The van der Waals surface area contributed by atoms with Crippen LogP contribution in [-0.2, 0) is 6.61 Å². The molecule has 2 aromatic carbocycles. The summed E-state index contributed by atoms with van der Waals surface area (Å²) in [6.45, 7) is 5.81. The van der Waals surface area contributed by atoms with Crippen molar-refractivity contribution in [3.63, 3.8) is 0 Å². The maximum Gasteiger partial charge on any atom is 0.252 e. The SMILES string of the molecule is O=C(NCCN1CCN(c2ccccc2OCc2ccccc2)CC1)c1cccnc1. The number of anilines is 1. The molecule has 6 heteroatoms. The third-order valence-corrected chi connectivity index (χ3v) is 5.45. The summed E-state index contributed by atoms with van der Waals surface area (Å²) in [5.41, 5.74) is 2.90. The average molecular weight is 417 g/mol. The molecule has 1 aliphatic heterocycles. The molecule has 160 valence electrons. The zero-order valence-electron chi connectivity index (χ0n) is 17.6. The van der Waals surface area contributed by atoms with Crippen LogP contribution in [-0.4, -0.2) is 55.1 Å². The first kappa shape index (κ1) is 20.9. The number of nitrogens with one attached hydrogen (secondary N) is 1. The molecular weight excluding hydrogens is 388 g/mol. The number of carbonyl (C=O) groups is 1. The van der Waals surface area contributed by atoms with E-state index in [1.54, 1.807) is 24.5 Å². The Kier molecular flexibility index (Phi) is 7.13. The lowest BCUT2D eigenvalue weighted by molar-refractivity contribution is 0.0947. The van der Waals surface area contributed by atoms with Gasteiger partial charge >= 0.3 is 0 Å². The van der Waals surface area contributed by atoms with Crippen molar-refractivity contribution in [1.82, 2.24) is 15.2 Å². The molecule has 0 atom stereocenters. The monoisotopic (exact) mass is 416 g/mol. The molecule has 2 heterocycles. The smallest absolute Gasteiger partial charge is 0.252 e. The van der Waals surface area contributed by atoms with Crippen molar-refractivity contribution in [1.29, 1.82) is 0 Å². The van der Waals surface area contributed by atoms with Gasteiger partial charge in [-0.2, -0.15) is 0 Å². The van der Waals surface area contributed by atoms with Crippen molar-refractivity contribution in [3.8, 4) is 5.75 Å².